The fourth-order valence-electron chi connectivity index (χ4n) is 2.46. The summed E-state index contributed by atoms with van der Waals surface area (Å²) in [4.78, 5) is 4.42. The molecule has 1 heterocycles. The molecular weight excluding hydrogens is 306 g/mol. The Labute approximate surface area is 131 Å². The number of aliphatic hydroxyl groups is 1. The van der Waals surface area contributed by atoms with Crippen molar-refractivity contribution in [1.29, 1.82) is 0 Å². The van der Waals surface area contributed by atoms with Crippen LogP contribution in [0.15, 0.2) is 36.4 Å². The summed E-state index contributed by atoms with van der Waals surface area (Å²) in [6, 6.07) is 10.6. The number of fused-ring (bicyclic) bond motifs is 3. The zero-order chi connectivity index (χ0) is 15.7. The smallest absolute Gasteiger partial charge is 0.134 e. The maximum absolute atomic E-state index is 11.4. The number of nitrogens with zero attached hydrogens (tertiary/aromatic N) is 2. The average molecular weight is 319 g/mol. The van der Waals surface area contributed by atoms with E-state index in [-0.39, 0.29) is 17.5 Å². The number of pyridine rings is 1. The normalized spacial score (nSPS) is 11.1. The van der Waals surface area contributed by atoms with Crippen LogP contribution in [0.2, 0.25) is 5.02 Å². The van der Waals surface area contributed by atoms with Crippen LogP contribution in [0.25, 0.3) is 21.7 Å². The fourth-order valence-corrected chi connectivity index (χ4v) is 2.67. The van der Waals surface area contributed by atoms with Gasteiger partial charge < -0.3 is 20.9 Å². The minimum absolute atomic E-state index is 0.0275. The van der Waals surface area contributed by atoms with Gasteiger partial charge >= 0.3 is 0 Å². The first-order chi connectivity index (χ1) is 10.6. The Kier molecular flexibility index (Phi) is 4.00. The molecule has 0 unspecified atom stereocenters. The molecule has 0 aliphatic carbocycles. The summed E-state index contributed by atoms with van der Waals surface area (Å²) in [5, 5.41) is 35.1. The SMILES string of the molecule is [O-]N(O)c1cc(Cl)cc2c1nc(NCCO)c1ccccc12. The third-order valence-electron chi connectivity index (χ3n) is 3.36. The van der Waals surface area contributed by atoms with Gasteiger partial charge in [-0.25, -0.2) is 4.98 Å². The molecule has 3 N–H and O–H groups in total. The van der Waals surface area contributed by atoms with Crippen LogP contribution in [0.1, 0.15) is 0 Å². The quantitative estimate of drug-likeness (QED) is 0.505. The van der Waals surface area contributed by atoms with Crippen molar-refractivity contribution in [2.24, 2.45) is 0 Å². The number of aromatic nitrogens is 1. The third-order valence-corrected chi connectivity index (χ3v) is 3.58. The van der Waals surface area contributed by atoms with Gasteiger partial charge in [0.25, 0.3) is 0 Å². The molecule has 0 saturated heterocycles. The van der Waals surface area contributed by atoms with Crippen molar-refractivity contribution in [1.82, 2.24) is 4.98 Å². The highest BCUT2D eigenvalue weighted by molar-refractivity contribution is 6.32. The van der Waals surface area contributed by atoms with Crippen molar-refractivity contribution in [3.8, 4) is 0 Å². The van der Waals surface area contributed by atoms with Gasteiger partial charge in [0.05, 0.1) is 17.8 Å². The van der Waals surface area contributed by atoms with Crippen LogP contribution in [0.5, 0.6) is 0 Å². The lowest BCUT2D eigenvalue weighted by atomic mass is 10.0. The molecule has 0 atom stereocenters. The first kappa shape index (κ1) is 14.8. The number of anilines is 2. The minimum atomic E-state index is -0.244. The number of hydrogen-bond acceptors (Lipinski definition) is 6. The monoisotopic (exact) mass is 318 g/mol. The van der Waals surface area contributed by atoms with E-state index in [1.807, 2.05) is 24.3 Å². The Balaban J connectivity index is 2.40. The number of rotatable bonds is 4. The molecule has 1 aromatic heterocycles. The van der Waals surface area contributed by atoms with Gasteiger partial charge in [-0.3, -0.25) is 5.21 Å². The Morgan fingerprint density at radius 1 is 1.18 bits per heavy atom. The van der Waals surface area contributed by atoms with Crippen molar-refractivity contribution in [3.63, 3.8) is 0 Å². The second-order valence-electron chi connectivity index (χ2n) is 4.75. The Morgan fingerprint density at radius 2 is 1.91 bits per heavy atom. The molecule has 7 heteroatoms. The van der Waals surface area contributed by atoms with Crippen LogP contribution >= 0.6 is 11.6 Å². The predicted molar refractivity (Wildman–Crippen MR) is 87.5 cm³/mol. The number of benzene rings is 2. The number of hydrogen-bond donors (Lipinski definition) is 3. The van der Waals surface area contributed by atoms with Crippen molar-refractivity contribution in [2.45, 2.75) is 0 Å². The third kappa shape index (κ3) is 2.53. The first-order valence-electron chi connectivity index (χ1n) is 6.64. The number of halogens is 1. The summed E-state index contributed by atoms with van der Waals surface area (Å²) < 4.78 is 0. The molecule has 0 saturated carbocycles. The average Bonchev–Trinajstić information content (AvgIpc) is 2.52. The van der Waals surface area contributed by atoms with Crippen molar-refractivity contribution in [3.05, 3.63) is 46.6 Å². The highest BCUT2D eigenvalue weighted by Crippen LogP contribution is 2.36. The Hall–Kier alpha value is -2.12. The zero-order valence-corrected chi connectivity index (χ0v) is 12.2. The molecule has 0 amide bonds. The van der Waals surface area contributed by atoms with Gasteiger partial charge in [0.15, 0.2) is 0 Å². The molecular formula is C15H13ClN3O3-. The van der Waals surface area contributed by atoms with E-state index >= 15 is 0 Å². The molecule has 2 aromatic carbocycles. The summed E-state index contributed by atoms with van der Waals surface area (Å²) in [6.45, 7) is 0.279. The predicted octanol–water partition coefficient (Wildman–Crippen LogP) is 3.14. The van der Waals surface area contributed by atoms with Gasteiger partial charge in [-0.05, 0) is 17.5 Å². The molecule has 0 spiro atoms. The topological polar surface area (TPSA) is 91.7 Å². The summed E-state index contributed by atoms with van der Waals surface area (Å²) in [5.41, 5.74) is 0.307. The van der Waals surface area contributed by atoms with Crippen LogP contribution in [-0.2, 0) is 0 Å². The van der Waals surface area contributed by atoms with Crippen molar-refractivity contribution < 1.29 is 10.3 Å². The van der Waals surface area contributed by atoms with Crippen molar-refractivity contribution in [2.75, 3.05) is 23.7 Å². The maximum Gasteiger partial charge on any atom is 0.134 e. The summed E-state index contributed by atoms with van der Waals surface area (Å²) in [5.74, 6) is 0.530. The minimum Gasteiger partial charge on any atom is -0.733 e. The lowest BCUT2D eigenvalue weighted by Crippen LogP contribution is -2.10. The highest BCUT2D eigenvalue weighted by Gasteiger charge is 2.12. The van der Waals surface area contributed by atoms with Crippen LogP contribution < -0.4 is 10.5 Å². The highest BCUT2D eigenvalue weighted by atomic mass is 35.5. The second kappa shape index (κ2) is 5.94. The molecule has 22 heavy (non-hydrogen) atoms. The first-order valence-corrected chi connectivity index (χ1v) is 7.02. The van der Waals surface area contributed by atoms with E-state index in [4.69, 9.17) is 16.7 Å². The van der Waals surface area contributed by atoms with E-state index < -0.39 is 0 Å². The lowest BCUT2D eigenvalue weighted by molar-refractivity contribution is 0.297. The summed E-state index contributed by atoms with van der Waals surface area (Å²) in [6.07, 6.45) is 0. The van der Waals surface area contributed by atoms with Crippen LogP contribution in [-0.4, -0.2) is 28.4 Å². The van der Waals surface area contributed by atoms with Gasteiger partial charge in [-0.15, -0.1) is 0 Å². The van der Waals surface area contributed by atoms with Crippen molar-refractivity contribution >= 4 is 44.8 Å². The molecule has 3 rings (SSSR count). The second-order valence-corrected chi connectivity index (χ2v) is 5.19. The Bertz CT molecular complexity index is 839. The van der Waals surface area contributed by atoms with Gasteiger partial charge in [0, 0.05) is 22.3 Å². The standard InChI is InChI=1S/C15H13ClN3O3/c16-9-7-12-10-3-1-2-4-11(10)15(17-5-6-20)18-14(12)13(8-9)19(21)22/h1-4,7-8,20-21H,5-6H2,(H,17,18)/q-1. The van der Waals surface area contributed by atoms with Gasteiger partial charge in [0.2, 0.25) is 0 Å². The summed E-state index contributed by atoms with van der Waals surface area (Å²) >= 11 is 6.04. The molecule has 0 aliphatic heterocycles. The number of aliphatic hydroxyl groups excluding tert-OH is 1. The van der Waals surface area contributed by atoms with E-state index in [2.05, 4.69) is 10.3 Å². The zero-order valence-electron chi connectivity index (χ0n) is 11.5. The summed E-state index contributed by atoms with van der Waals surface area (Å²) in [7, 11) is 0. The molecule has 114 valence electrons. The number of nitrogens with one attached hydrogen (secondary N) is 1. The van der Waals surface area contributed by atoms with Gasteiger partial charge in [0.1, 0.15) is 5.82 Å². The lowest BCUT2D eigenvalue weighted by Gasteiger charge is -2.24. The van der Waals surface area contributed by atoms with E-state index in [0.717, 1.165) is 10.8 Å². The molecule has 6 nitrogen and oxygen atoms in total. The largest absolute Gasteiger partial charge is 0.733 e. The molecule has 0 fully saturated rings. The van der Waals surface area contributed by atoms with E-state index in [1.54, 1.807) is 6.07 Å². The van der Waals surface area contributed by atoms with E-state index in [9.17, 15) is 10.4 Å². The Morgan fingerprint density at radius 3 is 2.59 bits per heavy atom. The van der Waals surface area contributed by atoms with Gasteiger partial charge in [-0.1, -0.05) is 35.9 Å². The van der Waals surface area contributed by atoms with E-state index in [1.165, 1.54) is 6.07 Å². The fraction of sp³-hybridized carbons (Fsp3) is 0.133. The van der Waals surface area contributed by atoms with Crippen LogP contribution in [0.4, 0.5) is 11.5 Å². The molecule has 3 aromatic rings. The van der Waals surface area contributed by atoms with Crippen LogP contribution in [0.3, 0.4) is 0 Å². The van der Waals surface area contributed by atoms with Gasteiger partial charge in [-0.2, -0.15) is 0 Å². The maximum atomic E-state index is 11.4. The molecule has 0 radical (unpaired) electrons. The van der Waals surface area contributed by atoms with E-state index in [0.29, 0.717) is 28.3 Å². The van der Waals surface area contributed by atoms with Crippen LogP contribution in [0, 0.1) is 5.21 Å². The molecule has 0 aliphatic rings. The molecule has 0 bridgehead atoms.